The molecule has 1 rings (SSSR count). The first-order chi connectivity index (χ1) is 7.74. The zero-order chi connectivity index (χ0) is 12.0. The number of carbonyl (C=O) groups is 1. The van der Waals surface area contributed by atoms with Crippen molar-refractivity contribution < 1.29 is 9.53 Å². The van der Waals surface area contributed by atoms with Gasteiger partial charge in [-0.2, -0.15) is 0 Å². The monoisotopic (exact) mass is 229 g/mol. The van der Waals surface area contributed by atoms with Gasteiger partial charge in [-0.05, 0) is 25.8 Å². The maximum absolute atomic E-state index is 11.7. The smallest absolute Gasteiger partial charge is 0.253 e. The minimum Gasteiger partial charge on any atom is -0.383 e. The van der Waals surface area contributed by atoms with Gasteiger partial charge in [0.25, 0.3) is 5.91 Å². The SMILES string of the molecule is CCC1CCCCN1C(COC)C(=O)NN. The molecule has 94 valence electrons. The lowest BCUT2D eigenvalue weighted by Gasteiger charge is -2.39. The first kappa shape index (κ1) is 13.4. The van der Waals surface area contributed by atoms with E-state index >= 15 is 0 Å². The van der Waals surface area contributed by atoms with Gasteiger partial charge in [0, 0.05) is 13.2 Å². The summed E-state index contributed by atoms with van der Waals surface area (Å²) >= 11 is 0. The summed E-state index contributed by atoms with van der Waals surface area (Å²) in [4.78, 5) is 13.9. The molecule has 0 saturated carbocycles. The van der Waals surface area contributed by atoms with Gasteiger partial charge in [0.05, 0.1) is 6.61 Å². The van der Waals surface area contributed by atoms with Crippen molar-refractivity contribution in [1.29, 1.82) is 0 Å². The molecule has 0 spiro atoms. The molecule has 0 aromatic rings. The second-order valence-corrected chi connectivity index (χ2v) is 4.28. The minimum absolute atomic E-state index is 0.151. The van der Waals surface area contributed by atoms with Crippen molar-refractivity contribution in [1.82, 2.24) is 10.3 Å². The van der Waals surface area contributed by atoms with Crippen LogP contribution in [0, 0.1) is 0 Å². The van der Waals surface area contributed by atoms with Crippen LogP contribution in [0.3, 0.4) is 0 Å². The van der Waals surface area contributed by atoms with Gasteiger partial charge >= 0.3 is 0 Å². The number of nitrogens with zero attached hydrogens (tertiary/aromatic N) is 1. The number of hydrogen-bond donors (Lipinski definition) is 2. The lowest BCUT2D eigenvalue weighted by molar-refractivity contribution is -0.130. The van der Waals surface area contributed by atoms with E-state index in [1.165, 1.54) is 6.42 Å². The molecule has 0 bridgehead atoms. The van der Waals surface area contributed by atoms with E-state index in [-0.39, 0.29) is 11.9 Å². The Morgan fingerprint density at radius 2 is 2.38 bits per heavy atom. The highest BCUT2D eigenvalue weighted by molar-refractivity contribution is 5.81. The van der Waals surface area contributed by atoms with Gasteiger partial charge < -0.3 is 4.74 Å². The van der Waals surface area contributed by atoms with E-state index in [1.807, 2.05) is 0 Å². The normalized spacial score (nSPS) is 24.1. The average molecular weight is 229 g/mol. The zero-order valence-corrected chi connectivity index (χ0v) is 10.2. The Morgan fingerprint density at radius 1 is 1.62 bits per heavy atom. The molecule has 0 aliphatic carbocycles. The number of piperidine rings is 1. The molecule has 1 aliphatic heterocycles. The lowest BCUT2D eigenvalue weighted by Crippen LogP contribution is -2.56. The Bertz CT molecular complexity index is 223. The van der Waals surface area contributed by atoms with E-state index in [4.69, 9.17) is 10.6 Å². The third-order valence-corrected chi connectivity index (χ3v) is 3.31. The maximum Gasteiger partial charge on any atom is 0.253 e. The molecule has 5 nitrogen and oxygen atoms in total. The van der Waals surface area contributed by atoms with Crippen molar-refractivity contribution >= 4 is 5.91 Å². The molecule has 1 aliphatic rings. The molecule has 1 fully saturated rings. The molecule has 0 aromatic heterocycles. The molecular weight excluding hydrogens is 206 g/mol. The summed E-state index contributed by atoms with van der Waals surface area (Å²) in [6, 6.07) is 0.228. The minimum atomic E-state index is -0.250. The number of hydrogen-bond acceptors (Lipinski definition) is 4. The molecule has 5 heteroatoms. The van der Waals surface area contributed by atoms with Crippen LogP contribution in [0.2, 0.25) is 0 Å². The van der Waals surface area contributed by atoms with Crippen molar-refractivity contribution in [3.05, 3.63) is 0 Å². The van der Waals surface area contributed by atoms with Crippen molar-refractivity contribution in [2.24, 2.45) is 5.84 Å². The molecule has 3 N–H and O–H groups in total. The molecular formula is C11H23N3O2. The standard InChI is InChI=1S/C11H23N3O2/c1-3-9-6-4-5-7-14(9)10(8-16-2)11(15)13-12/h9-10H,3-8,12H2,1-2H3,(H,13,15). The first-order valence-electron chi connectivity index (χ1n) is 5.99. The van der Waals surface area contributed by atoms with E-state index in [9.17, 15) is 4.79 Å². The third kappa shape index (κ3) is 3.17. The summed E-state index contributed by atoms with van der Waals surface area (Å²) in [5.74, 6) is 5.06. The van der Waals surface area contributed by atoms with Crippen LogP contribution in [0.1, 0.15) is 32.6 Å². The van der Waals surface area contributed by atoms with Crippen LogP contribution >= 0.6 is 0 Å². The van der Waals surface area contributed by atoms with Crippen LogP contribution in [-0.4, -0.2) is 43.2 Å². The summed E-state index contributed by atoms with van der Waals surface area (Å²) in [7, 11) is 1.61. The van der Waals surface area contributed by atoms with Crippen molar-refractivity contribution in [2.75, 3.05) is 20.3 Å². The van der Waals surface area contributed by atoms with Crippen molar-refractivity contribution in [3.63, 3.8) is 0 Å². The van der Waals surface area contributed by atoms with Crippen molar-refractivity contribution in [3.8, 4) is 0 Å². The number of likely N-dealkylation sites (tertiary alicyclic amines) is 1. The maximum atomic E-state index is 11.7. The molecule has 0 aromatic carbocycles. The van der Waals surface area contributed by atoms with Crippen molar-refractivity contribution in [2.45, 2.75) is 44.7 Å². The molecule has 1 saturated heterocycles. The fraction of sp³-hybridized carbons (Fsp3) is 0.909. The Balaban J connectivity index is 2.69. The second-order valence-electron chi connectivity index (χ2n) is 4.28. The van der Waals surface area contributed by atoms with Gasteiger partial charge in [0.2, 0.25) is 0 Å². The number of nitrogens with one attached hydrogen (secondary N) is 1. The molecule has 0 radical (unpaired) electrons. The van der Waals surface area contributed by atoms with E-state index in [2.05, 4.69) is 17.2 Å². The topological polar surface area (TPSA) is 67.6 Å². The summed E-state index contributed by atoms with van der Waals surface area (Å²) < 4.78 is 5.11. The number of hydrazine groups is 1. The molecule has 16 heavy (non-hydrogen) atoms. The summed E-state index contributed by atoms with van der Waals surface area (Å²) in [6.45, 7) is 3.52. The van der Waals surface area contributed by atoms with E-state index in [0.29, 0.717) is 12.6 Å². The van der Waals surface area contributed by atoms with Crippen LogP contribution in [0.5, 0.6) is 0 Å². The molecule has 2 unspecified atom stereocenters. The Kier molecular flexibility index (Phi) is 5.73. The van der Waals surface area contributed by atoms with Crippen LogP contribution in [0.15, 0.2) is 0 Å². The Labute approximate surface area is 97.3 Å². The number of ether oxygens (including phenoxy) is 1. The van der Waals surface area contributed by atoms with Gasteiger partial charge in [-0.15, -0.1) is 0 Å². The van der Waals surface area contributed by atoms with Gasteiger partial charge in [0.1, 0.15) is 6.04 Å². The number of methoxy groups -OCH3 is 1. The number of rotatable bonds is 5. The van der Waals surface area contributed by atoms with Gasteiger partial charge in [-0.3, -0.25) is 15.1 Å². The van der Waals surface area contributed by atoms with Crippen LogP contribution in [0.4, 0.5) is 0 Å². The van der Waals surface area contributed by atoms with E-state index in [1.54, 1.807) is 7.11 Å². The van der Waals surface area contributed by atoms with E-state index in [0.717, 1.165) is 25.8 Å². The Morgan fingerprint density at radius 3 is 2.94 bits per heavy atom. The average Bonchev–Trinajstić information content (AvgIpc) is 2.35. The number of carbonyl (C=O) groups excluding carboxylic acids is 1. The zero-order valence-electron chi connectivity index (χ0n) is 10.2. The highest BCUT2D eigenvalue weighted by Gasteiger charge is 2.31. The summed E-state index contributed by atoms with van der Waals surface area (Å²) in [5, 5.41) is 0. The van der Waals surface area contributed by atoms with Crippen LogP contribution < -0.4 is 11.3 Å². The lowest BCUT2D eigenvalue weighted by atomic mass is 9.97. The van der Waals surface area contributed by atoms with E-state index < -0.39 is 0 Å². The molecule has 1 heterocycles. The second kappa shape index (κ2) is 6.83. The van der Waals surface area contributed by atoms with Gasteiger partial charge in [-0.1, -0.05) is 13.3 Å². The van der Waals surface area contributed by atoms with Crippen LogP contribution in [-0.2, 0) is 9.53 Å². The fourth-order valence-corrected chi connectivity index (χ4v) is 2.45. The number of nitrogens with two attached hydrogens (primary N) is 1. The fourth-order valence-electron chi connectivity index (χ4n) is 2.45. The summed E-state index contributed by atoms with van der Waals surface area (Å²) in [6.07, 6.45) is 4.63. The quantitative estimate of drug-likeness (QED) is 0.403. The Hall–Kier alpha value is -0.650. The largest absolute Gasteiger partial charge is 0.383 e. The highest BCUT2D eigenvalue weighted by atomic mass is 16.5. The highest BCUT2D eigenvalue weighted by Crippen LogP contribution is 2.22. The molecule has 2 atom stereocenters. The van der Waals surface area contributed by atoms with Gasteiger partial charge in [-0.25, -0.2) is 5.84 Å². The predicted octanol–water partition coefficient (Wildman–Crippen LogP) is 0.256. The molecule has 1 amide bonds. The van der Waals surface area contributed by atoms with Gasteiger partial charge in [0.15, 0.2) is 0 Å². The third-order valence-electron chi connectivity index (χ3n) is 3.31. The predicted molar refractivity (Wildman–Crippen MR) is 62.6 cm³/mol. The first-order valence-corrected chi connectivity index (χ1v) is 5.99. The summed E-state index contributed by atoms with van der Waals surface area (Å²) in [5.41, 5.74) is 2.23. The number of amides is 1. The van der Waals surface area contributed by atoms with Crippen LogP contribution in [0.25, 0.3) is 0 Å².